The Morgan fingerprint density at radius 1 is 1.14 bits per heavy atom. The number of nitro groups is 1. The number of methoxy groups -OCH3 is 1. The number of hydrogen-bond acceptors (Lipinski definition) is 7. The molecular formula is C25H25FN5O4PS. The number of rotatable bonds is 5. The van der Waals surface area contributed by atoms with Crippen LogP contribution in [0.25, 0.3) is 0 Å². The first-order valence-electron chi connectivity index (χ1n) is 11.8. The summed E-state index contributed by atoms with van der Waals surface area (Å²) in [7, 11) is 0.500. The normalized spacial score (nSPS) is 19.6. The number of thiophene rings is 1. The molecule has 0 aliphatic carbocycles. The van der Waals surface area contributed by atoms with Crippen LogP contribution in [0.2, 0.25) is 0 Å². The fourth-order valence-corrected chi connectivity index (χ4v) is 9.81. The van der Waals surface area contributed by atoms with Gasteiger partial charge in [-0.2, -0.15) is 0 Å². The predicted octanol–water partition coefficient (Wildman–Crippen LogP) is 6.08. The third kappa shape index (κ3) is 4.58. The van der Waals surface area contributed by atoms with E-state index in [0.717, 1.165) is 43.2 Å². The van der Waals surface area contributed by atoms with Crippen molar-refractivity contribution < 1.29 is 18.8 Å². The summed E-state index contributed by atoms with van der Waals surface area (Å²) in [5, 5.41) is 12.7. The van der Waals surface area contributed by atoms with Crippen molar-refractivity contribution in [1.29, 1.82) is 0 Å². The molecule has 37 heavy (non-hydrogen) atoms. The summed E-state index contributed by atoms with van der Waals surface area (Å²) in [6, 6.07) is 14.2. The van der Waals surface area contributed by atoms with Gasteiger partial charge in [0, 0.05) is 37.8 Å². The molecule has 12 heteroatoms. The van der Waals surface area contributed by atoms with Crippen LogP contribution in [0.1, 0.15) is 34.5 Å². The molecule has 2 aliphatic heterocycles. The van der Waals surface area contributed by atoms with Crippen LogP contribution in [0.4, 0.5) is 20.8 Å². The number of benzene rings is 2. The van der Waals surface area contributed by atoms with Gasteiger partial charge in [0.2, 0.25) is 0 Å². The van der Waals surface area contributed by atoms with Crippen molar-refractivity contribution in [2.75, 3.05) is 27.2 Å². The molecule has 0 amide bonds. The van der Waals surface area contributed by atoms with Gasteiger partial charge in [-0.3, -0.25) is 10.1 Å². The lowest BCUT2D eigenvalue weighted by Gasteiger charge is -2.46. The third-order valence-corrected chi connectivity index (χ3v) is 11.4. The first kappa shape index (κ1) is 25.3. The third-order valence-electron chi connectivity index (χ3n) is 6.48. The molecule has 3 heterocycles. The Morgan fingerprint density at radius 2 is 1.81 bits per heavy atom. The van der Waals surface area contributed by atoms with E-state index in [-0.39, 0.29) is 11.5 Å². The molecule has 1 aromatic heterocycles. The number of carbonyl (C=O) groups excluding carboxylic acids is 1. The van der Waals surface area contributed by atoms with Crippen molar-refractivity contribution in [3.05, 3.63) is 81.0 Å². The van der Waals surface area contributed by atoms with E-state index in [1.54, 1.807) is 24.3 Å². The van der Waals surface area contributed by atoms with E-state index in [0.29, 0.717) is 21.4 Å². The van der Waals surface area contributed by atoms with Gasteiger partial charge in [-0.1, -0.05) is 6.42 Å². The van der Waals surface area contributed by atoms with Crippen molar-refractivity contribution in [3.8, 4) is 0 Å². The molecule has 0 unspecified atom stereocenters. The van der Waals surface area contributed by atoms with E-state index in [1.165, 1.54) is 42.7 Å². The summed E-state index contributed by atoms with van der Waals surface area (Å²) in [6.07, 6.45) is 3.11. The van der Waals surface area contributed by atoms with Gasteiger partial charge >= 0.3 is 5.97 Å². The van der Waals surface area contributed by atoms with Crippen LogP contribution in [0, 0.1) is 15.9 Å². The highest BCUT2D eigenvalue weighted by atomic mass is 32.1. The fraction of sp³-hybridized carbons (Fsp3) is 0.280. The van der Waals surface area contributed by atoms with Gasteiger partial charge < -0.3 is 9.41 Å². The average molecular weight is 542 g/mol. The van der Waals surface area contributed by atoms with E-state index in [1.807, 2.05) is 13.1 Å². The van der Waals surface area contributed by atoms with Crippen LogP contribution < -0.4 is 5.30 Å². The van der Waals surface area contributed by atoms with Gasteiger partial charge in [-0.15, -0.1) is 11.3 Å². The molecule has 0 bridgehead atoms. The first-order chi connectivity index (χ1) is 17.8. The van der Waals surface area contributed by atoms with Crippen LogP contribution in [0.5, 0.6) is 0 Å². The zero-order valence-electron chi connectivity index (χ0n) is 20.3. The Hall–Kier alpha value is -3.40. The molecule has 1 fully saturated rings. The summed E-state index contributed by atoms with van der Waals surface area (Å²) in [6.45, 7) is 1.60. The monoisotopic (exact) mass is 541 g/mol. The molecule has 1 saturated heterocycles. The van der Waals surface area contributed by atoms with E-state index in [4.69, 9.17) is 14.5 Å². The van der Waals surface area contributed by atoms with E-state index in [9.17, 15) is 19.3 Å². The van der Waals surface area contributed by atoms with E-state index >= 15 is 0 Å². The molecule has 0 spiro atoms. The Bertz CT molecular complexity index is 1430. The Balaban J connectivity index is 1.79. The van der Waals surface area contributed by atoms with Crippen LogP contribution in [0.3, 0.4) is 0 Å². The number of halogens is 1. The fourth-order valence-electron chi connectivity index (χ4n) is 4.67. The lowest BCUT2D eigenvalue weighted by Crippen LogP contribution is -2.42. The minimum atomic E-state index is -2.77. The topological polar surface area (TPSA) is 101 Å². The molecule has 3 aromatic rings. The highest BCUT2D eigenvalue weighted by Gasteiger charge is 2.43. The maximum Gasteiger partial charge on any atom is 0.348 e. The number of aliphatic imine (C=N–C) groups is 1. The molecule has 0 N–H and O–H groups in total. The second kappa shape index (κ2) is 10.2. The van der Waals surface area contributed by atoms with E-state index < -0.39 is 18.2 Å². The summed E-state index contributed by atoms with van der Waals surface area (Å²) in [4.78, 5) is 28.7. The van der Waals surface area contributed by atoms with Crippen molar-refractivity contribution >= 4 is 52.2 Å². The van der Waals surface area contributed by atoms with Crippen molar-refractivity contribution in [2.45, 2.75) is 19.3 Å². The van der Waals surface area contributed by atoms with Crippen molar-refractivity contribution in [1.82, 2.24) is 9.34 Å². The zero-order valence-corrected chi connectivity index (χ0v) is 22.0. The van der Waals surface area contributed by atoms with Crippen molar-refractivity contribution in [2.24, 2.45) is 9.74 Å². The largest absolute Gasteiger partial charge is 0.465 e. The van der Waals surface area contributed by atoms with Gasteiger partial charge in [0.1, 0.15) is 21.5 Å². The minimum absolute atomic E-state index is 0.0148. The number of fused-ring (bicyclic) bond motifs is 1. The van der Waals surface area contributed by atoms with Gasteiger partial charge in [-0.05, 0) is 55.3 Å². The minimum Gasteiger partial charge on any atom is -0.465 e. The Morgan fingerprint density at radius 3 is 2.43 bits per heavy atom. The molecular weight excluding hydrogens is 516 g/mol. The van der Waals surface area contributed by atoms with Crippen LogP contribution in [-0.2, 0) is 4.74 Å². The molecule has 9 nitrogen and oxygen atoms in total. The average Bonchev–Trinajstić information content (AvgIpc) is 3.36. The zero-order chi connectivity index (χ0) is 26.2. The lowest BCUT2D eigenvalue weighted by atomic mass is 10.2. The second-order valence-electron chi connectivity index (χ2n) is 8.71. The molecule has 5 rings (SSSR count). The summed E-state index contributed by atoms with van der Waals surface area (Å²) < 4.78 is 28.5. The summed E-state index contributed by atoms with van der Waals surface area (Å²) in [5.41, 5.74) is 1.30. The summed E-state index contributed by atoms with van der Waals surface area (Å²) in [5.74, 6) is -0.178. The second-order valence-corrected chi connectivity index (χ2v) is 12.7. The maximum atomic E-state index is 13.8. The maximum absolute atomic E-state index is 13.8. The molecule has 2 aromatic carbocycles. The smallest absolute Gasteiger partial charge is 0.348 e. The number of ether oxygens (including phenoxy) is 1. The number of nitrogens with zero attached hydrogens (tertiary/aromatic N) is 5. The highest BCUT2D eigenvalue weighted by Crippen LogP contribution is 2.62. The van der Waals surface area contributed by atoms with Gasteiger partial charge in [0.05, 0.1) is 23.0 Å². The van der Waals surface area contributed by atoms with Crippen LogP contribution >= 0.6 is 18.7 Å². The number of amidine groups is 1. The number of nitro benzene ring substituents is 1. The predicted molar refractivity (Wildman–Crippen MR) is 143 cm³/mol. The quantitative estimate of drug-likeness (QED) is 0.168. The SMILES string of the molecule is COC(=O)c1cc2c(s1)N=C(c1ccc(F)cc1)N(C)[P@@]2(=Nc1ccc([N+](=O)[O-])cc1)N1CCCCC1. The number of esters is 1. The van der Waals surface area contributed by atoms with Crippen molar-refractivity contribution in [3.63, 3.8) is 0 Å². The summed E-state index contributed by atoms with van der Waals surface area (Å²) >= 11 is 1.24. The number of non-ortho nitro benzene ring substituents is 1. The Kier molecular flexibility index (Phi) is 6.94. The van der Waals surface area contributed by atoms with Gasteiger partial charge in [0.25, 0.3) is 5.69 Å². The molecule has 1 atom stereocenters. The highest BCUT2D eigenvalue weighted by molar-refractivity contribution is 7.71. The van der Waals surface area contributed by atoms with Gasteiger partial charge in [0.15, 0.2) is 7.36 Å². The van der Waals surface area contributed by atoms with Crippen LogP contribution in [0.15, 0.2) is 64.3 Å². The lowest BCUT2D eigenvalue weighted by molar-refractivity contribution is -0.384. The standard InChI is InChI=1S/C25H25FN5O4PS/c1-29-23(17-6-8-18(26)9-7-17)27-24-21(16-22(37-24)25(32)35-2)36(29,30-14-4-3-5-15-30)28-19-10-12-20(13-11-19)31(33)34/h6-13,16H,3-5,14-15H2,1-2H3/t36-/m1/s1. The van der Waals surface area contributed by atoms with E-state index in [2.05, 4.69) is 9.34 Å². The number of hydrogen-bond donors (Lipinski definition) is 0. The van der Waals surface area contributed by atoms with Gasteiger partial charge in [-0.25, -0.2) is 23.6 Å². The molecule has 192 valence electrons. The van der Waals surface area contributed by atoms with Crippen LogP contribution in [-0.4, -0.2) is 53.3 Å². The number of carbonyl (C=O) groups is 1. The number of piperidine rings is 1. The molecule has 0 saturated carbocycles. The molecule has 2 aliphatic rings. The first-order valence-corrected chi connectivity index (χ1v) is 14.2. The Labute approximate surface area is 217 Å². The molecule has 0 radical (unpaired) electrons.